The minimum absolute atomic E-state index is 0.150. The molecule has 0 saturated carbocycles. The van der Waals surface area contributed by atoms with E-state index in [-0.39, 0.29) is 5.97 Å². The fourth-order valence-corrected chi connectivity index (χ4v) is 2.14. The lowest BCUT2D eigenvalue weighted by Gasteiger charge is -2.08. The number of hydrogen-bond donors (Lipinski definition) is 1. The zero-order chi connectivity index (χ0) is 14.1. The van der Waals surface area contributed by atoms with Gasteiger partial charge in [0.05, 0.1) is 18.7 Å². The molecule has 4 nitrogen and oxygen atoms in total. The summed E-state index contributed by atoms with van der Waals surface area (Å²) in [5.41, 5.74) is 1.61. The highest BCUT2D eigenvalue weighted by atomic mass is 79.9. The smallest absolute Gasteiger partial charge is 0.305 e. The molecule has 0 spiro atoms. The van der Waals surface area contributed by atoms with E-state index in [1.165, 1.54) is 7.11 Å². The van der Waals surface area contributed by atoms with Gasteiger partial charge in [-0.1, -0.05) is 6.42 Å². The van der Waals surface area contributed by atoms with E-state index >= 15 is 0 Å². The maximum Gasteiger partial charge on any atom is 0.305 e. The van der Waals surface area contributed by atoms with Gasteiger partial charge in [0.25, 0.3) is 0 Å². The summed E-state index contributed by atoms with van der Waals surface area (Å²) < 4.78 is 5.47. The molecule has 1 rings (SSSR count). The molecular formula is C14H17BrN2O2. The molecule has 0 aromatic heterocycles. The summed E-state index contributed by atoms with van der Waals surface area (Å²) in [6, 6.07) is 7.55. The molecule has 0 amide bonds. The van der Waals surface area contributed by atoms with Crippen LogP contribution in [0.3, 0.4) is 0 Å². The van der Waals surface area contributed by atoms with Crippen LogP contribution in [-0.4, -0.2) is 19.6 Å². The van der Waals surface area contributed by atoms with Gasteiger partial charge in [-0.3, -0.25) is 4.79 Å². The zero-order valence-electron chi connectivity index (χ0n) is 10.9. The summed E-state index contributed by atoms with van der Waals surface area (Å²) in [6.07, 6.45) is 3.30. The molecule has 0 fully saturated rings. The fraction of sp³-hybridized carbons (Fsp3) is 0.429. The molecule has 5 heteroatoms. The van der Waals surface area contributed by atoms with Crippen molar-refractivity contribution in [3.63, 3.8) is 0 Å². The number of nitrogens with zero attached hydrogens (tertiary/aromatic N) is 1. The minimum atomic E-state index is -0.150. The summed E-state index contributed by atoms with van der Waals surface area (Å²) in [5.74, 6) is -0.150. The van der Waals surface area contributed by atoms with Crippen LogP contribution in [0.15, 0.2) is 22.7 Å². The van der Waals surface area contributed by atoms with Gasteiger partial charge in [-0.2, -0.15) is 5.26 Å². The standard InChI is InChI=1S/C14H17BrN2O2/c1-19-14(18)5-3-2-4-8-17-13-7-6-11(10-16)9-12(13)15/h6-7,9,17H,2-5,8H2,1H3. The number of carbonyl (C=O) groups excluding carboxylic acids is 1. The number of halogens is 1. The van der Waals surface area contributed by atoms with Crippen LogP contribution in [-0.2, 0) is 9.53 Å². The number of unbranched alkanes of at least 4 members (excludes halogenated alkanes) is 2. The summed E-state index contributed by atoms with van der Waals surface area (Å²) >= 11 is 3.42. The van der Waals surface area contributed by atoms with Crippen molar-refractivity contribution in [2.45, 2.75) is 25.7 Å². The molecule has 1 aromatic rings. The van der Waals surface area contributed by atoms with Gasteiger partial charge in [-0.25, -0.2) is 0 Å². The monoisotopic (exact) mass is 324 g/mol. The van der Waals surface area contributed by atoms with Crippen molar-refractivity contribution >= 4 is 27.6 Å². The second kappa shape index (κ2) is 8.54. The summed E-state index contributed by atoms with van der Waals surface area (Å²) in [4.78, 5) is 10.9. The lowest BCUT2D eigenvalue weighted by Crippen LogP contribution is -2.03. The second-order valence-electron chi connectivity index (χ2n) is 4.12. The second-order valence-corrected chi connectivity index (χ2v) is 4.97. The normalized spacial score (nSPS) is 9.74. The Balaban J connectivity index is 2.23. The molecule has 1 N–H and O–H groups in total. The highest BCUT2D eigenvalue weighted by Crippen LogP contribution is 2.23. The molecule has 0 aliphatic rings. The van der Waals surface area contributed by atoms with E-state index in [2.05, 4.69) is 32.1 Å². The lowest BCUT2D eigenvalue weighted by molar-refractivity contribution is -0.140. The zero-order valence-corrected chi connectivity index (χ0v) is 12.5. The number of anilines is 1. The van der Waals surface area contributed by atoms with Gasteiger partial charge in [0.1, 0.15) is 0 Å². The Bertz CT molecular complexity index is 469. The first-order valence-electron chi connectivity index (χ1n) is 6.17. The van der Waals surface area contributed by atoms with Gasteiger partial charge in [0.15, 0.2) is 0 Å². The van der Waals surface area contributed by atoms with Crippen LogP contribution in [0.4, 0.5) is 5.69 Å². The van der Waals surface area contributed by atoms with Crippen LogP contribution in [0.25, 0.3) is 0 Å². The third-order valence-electron chi connectivity index (χ3n) is 2.70. The topological polar surface area (TPSA) is 62.1 Å². The number of benzene rings is 1. The van der Waals surface area contributed by atoms with Crippen LogP contribution < -0.4 is 5.32 Å². The van der Waals surface area contributed by atoms with Crippen molar-refractivity contribution in [1.82, 2.24) is 0 Å². The number of nitriles is 1. The van der Waals surface area contributed by atoms with E-state index in [1.54, 1.807) is 12.1 Å². The van der Waals surface area contributed by atoms with Crippen LogP contribution in [0, 0.1) is 11.3 Å². The van der Waals surface area contributed by atoms with Crippen molar-refractivity contribution in [3.8, 4) is 6.07 Å². The fourth-order valence-electron chi connectivity index (χ4n) is 1.62. The van der Waals surface area contributed by atoms with Crippen molar-refractivity contribution in [2.24, 2.45) is 0 Å². The van der Waals surface area contributed by atoms with E-state index in [9.17, 15) is 4.79 Å². The first kappa shape index (κ1) is 15.5. The third-order valence-corrected chi connectivity index (χ3v) is 3.36. The minimum Gasteiger partial charge on any atom is -0.469 e. The summed E-state index contributed by atoms with van der Waals surface area (Å²) in [7, 11) is 1.41. The van der Waals surface area contributed by atoms with Crippen molar-refractivity contribution in [1.29, 1.82) is 5.26 Å². The molecule has 0 atom stereocenters. The van der Waals surface area contributed by atoms with E-state index in [1.807, 2.05) is 6.07 Å². The number of esters is 1. The number of nitrogens with one attached hydrogen (secondary N) is 1. The Kier molecular flexibility index (Phi) is 6.98. The average Bonchev–Trinajstić information content (AvgIpc) is 2.43. The highest BCUT2D eigenvalue weighted by Gasteiger charge is 2.01. The van der Waals surface area contributed by atoms with E-state index < -0.39 is 0 Å². The van der Waals surface area contributed by atoms with Crippen LogP contribution in [0.2, 0.25) is 0 Å². The molecule has 0 saturated heterocycles. The molecule has 0 heterocycles. The van der Waals surface area contributed by atoms with E-state index in [0.717, 1.165) is 36.0 Å². The highest BCUT2D eigenvalue weighted by molar-refractivity contribution is 9.10. The third kappa shape index (κ3) is 5.75. The number of ether oxygens (including phenoxy) is 1. The molecule has 102 valence electrons. The molecule has 0 aliphatic heterocycles. The SMILES string of the molecule is COC(=O)CCCCCNc1ccc(C#N)cc1Br. The van der Waals surface area contributed by atoms with Gasteiger partial charge in [0, 0.05) is 23.1 Å². The lowest BCUT2D eigenvalue weighted by atomic mass is 10.2. The predicted molar refractivity (Wildman–Crippen MR) is 77.8 cm³/mol. The average molecular weight is 325 g/mol. The number of carbonyl (C=O) groups is 1. The maximum absolute atomic E-state index is 10.9. The van der Waals surface area contributed by atoms with Crippen molar-refractivity contribution in [3.05, 3.63) is 28.2 Å². The molecule has 1 aromatic carbocycles. The largest absolute Gasteiger partial charge is 0.469 e. The van der Waals surface area contributed by atoms with Gasteiger partial charge in [0.2, 0.25) is 0 Å². The Morgan fingerprint density at radius 3 is 2.84 bits per heavy atom. The molecular weight excluding hydrogens is 308 g/mol. The van der Waals surface area contributed by atoms with E-state index in [4.69, 9.17) is 5.26 Å². The Morgan fingerprint density at radius 1 is 1.42 bits per heavy atom. The van der Waals surface area contributed by atoms with Crippen molar-refractivity contribution in [2.75, 3.05) is 19.0 Å². The Labute approximate surface area is 121 Å². The van der Waals surface area contributed by atoms with Crippen LogP contribution in [0.1, 0.15) is 31.2 Å². The maximum atomic E-state index is 10.9. The summed E-state index contributed by atoms with van der Waals surface area (Å²) in [5, 5.41) is 12.1. The molecule has 19 heavy (non-hydrogen) atoms. The first-order valence-corrected chi connectivity index (χ1v) is 6.97. The quantitative estimate of drug-likeness (QED) is 0.616. The van der Waals surface area contributed by atoms with Crippen LogP contribution in [0.5, 0.6) is 0 Å². The predicted octanol–water partition coefficient (Wildman–Crippen LogP) is 3.47. The molecule has 0 bridgehead atoms. The number of methoxy groups -OCH3 is 1. The van der Waals surface area contributed by atoms with Gasteiger partial charge >= 0.3 is 5.97 Å². The number of hydrogen-bond acceptors (Lipinski definition) is 4. The first-order chi connectivity index (χ1) is 9.17. The molecule has 0 radical (unpaired) electrons. The van der Waals surface area contributed by atoms with Gasteiger partial charge in [-0.05, 0) is 47.0 Å². The Morgan fingerprint density at radius 2 is 2.21 bits per heavy atom. The molecule has 0 unspecified atom stereocenters. The molecule has 0 aliphatic carbocycles. The van der Waals surface area contributed by atoms with E-state index in [0.29, 0.717) is 12.0 Å². The van der Waals surface area contributed by atoms with Crippen molar-refractivity contribution < 1.29 is 9.53 Å². The summed E-state index contributed by atoms with van der Waals surface area (Å²) in [6.45, 7) is 0.839. The van der Waals surface area contributed by atoms with Gasteiger partial charge in [-0.15, -0.1) is 0 Å². The Hall–Kier alpha value is -1.54. The van der Waals surface area contributed by atoms with Gasteiger partial charge < -0.3 is 10.1 Å². The number of rotatable bonds is 7. The van der Waals surface area contributed by atoms with Crippen LogP contribution >= 0.6 is 15.9 Å².